The molecule has 0 bridgehead atoms. The Labute approximate surface area is 257 Å². The molecular weight excluding hydrogens is 555 g/mol. The maximum Gasteiger partial charge on any atom is 0.338 e. The summed E-state index contributed by atoms with van der Waals surface area (Å²) in [6, 6.07) is 7.71. The van der Waals surface area contributed by atoms with Crippen molar-refractivity contribution in [1.82, 2.24) is 0 Å². The van der Waals surface area contributed by atoms with Crippen molar-refractivity contribution in [2.45, 2.75) is 93.9 Å². The van der Waals surface area contributed by atoms with Gasteiger partial charge in [-0.15, -0.1) is 12.8 Å². The fraction of sp³-hybridized carbons (Fsp3) is 0.655. The Morgan fingerprint density at radius 2 is 1.29 bits per heavy atom. The van der Waals surface area contributed by atoms with Crippen molar-refractivity contribution < 1.29 is 22.0 Å². The van der Waals surface area contributed by atoms with Crippen LogP contribution in [0.25, 0.3) is 0 Å². The molecule has 0 aliphatic carbocycles. The van der Waals surface area contributed by atoms with Crippen molar-refractivity contribution in [1.29, 1.82) is 0 Å². The number of terminal acetylenes is 1. The minimum atomic E-state index is -0.335. The van der Waals surface area contributed by atoms with Crippen molar-refractivity contribution in [2.75, 3.05) is 31.2 Å². The number of anilines is 1. The van der Waals surface area contributed by atoms with Gasteiger partial charge in [0.2, 0.25) is 0 Å². The first-order valence-corrected chi connectivity index (χ1v) is 15.1. The van der Waals surface area contributed by atoms with Crippen molar-refractivity contribution in [2.24, 2.45) is 5.92 Å². The highest BCUT2D eigenvalue weighted by atomic mass is 32.8. The predicted octanol–water partition coefficient (Wildman–Crippen LogP) is 7.77. The smallest absolute Gasteiger partial charge is 0.338 e. The van der Waals surface area contributed by atoms with Crippen LogP contribution in [0.1, 0.15) is 107 Å². The number of carbonyl (C=O) groups excluding carboxylic acids is 2. The molecule has 1 unspecified atom stereocenters. The van der Waals surface area contributed by atoms with E-state index in [2.05, 4.69) is 76.3 Å². The number of unbranched alkanes of at least 4 members (excludes halogenated alkanes) is 4. The maximum atomic E-state index is 12.3. The molecule has 9 heteroatoms. The first-order valence-electron chi connectivity index (χ1n) is 13.4. The first kappa shape index (κ1) is 43.5. The minimum Gasteiger partial charge on any atom is -0.465 e. The van der Waals surface area contributed by atoms with Crippen molar-refractivity contribution in [3.05, 3.63) is 29.8 Å². The largest absolute Gasteiger partial charge is 0.465 e. The van der Waals surface area contributed by atoms with Crippen LogP contribution in [0, 0.1) is 18.8 Å². The van der Waals surface area contributed by atoms with Gasteiger partial charge in [-0.2, -0.15) is 0 Å². The zero-order chi connectivity index (χ0) is 30.2. The van der Waals surface area contributed by atoms with Gasteiger partial charge in [-0.05, 0) is 43.5 Å². The fourth-order valence-corrected chi connectivity index (χ4v) is 3.07. The van der Waals surface area contributed by atoms with Gasteiger partial charge >= 0.3 is 11.9 Å². The average molecular weight is 610 g/mol. The second-order valence-corrected chi connectivity index (χ2v) is 7.91. The Bertz CT molecular complexity index is 686. The Balaban J connectivity index is -0.000000264. The quantitative estimate of drug-likeness (QED) is 0.106. The number of rotatable bonds is 16. The lowest BCUT2D eigenvalue weighted by Gasteiger charge is -2.25. The molecule has 0 fully saturated rings. The number of carbonyl (C=O) groups is 2. The van der Waals surface area contributed by atoms with E-state index in [0.29, 0.717) is 12.0 Å². The maximum absolute atomic E-state index is 12.3. The van der Waals surface area contributed by atoms with E-state index in [1.807, 2.05) is 38.1 Å². The summed E-state index contributed by atoms with van der Waals surface area (Å²) in [6.45, 7) is 10.9. The summed E-state index contributed by atoms with van der Waals surface area (Å²) in [6.07, 6.45) is 16.5. The highest BCUT2D eigenvalue weighted by Gasteiger charge is 2.12. The molecule has 0 amide bonds. The summed E-state index contributed by atoms with van der Waals surface area (Å²) in [5, 5.41) is 0. The number of hydrogen-bond donors (Lipinski definition) is 0. The number of hydrogen-bond acceptors (Lipinski definition) is 9. The van der Waals surface area contributed by atoms with Crippen LogP contribution in [-0.4, -0.2) is 38.2 Å². The van der Waals surface area contributed by atoms with E-state index in [-0.39, 0.29) is 45.9 Å². The van der Waals surface area contributed by atoms with Gasteiger partial charge in [-0.3, -0.25) is 4.79 Å². The van der Waals surface area contributed by atoms with Gasteiger partial charge in [-0.1, -0.05) is 68.2 Å². The standard InChI is InChI=1S/C25H41NO4.C2H2.2CH4.2S2.H2/c1-5-8-10-17-26(18-11-9-6-2)23-15-13-22(14-16-23)25(28)30-20-12-19-29-24(27)21(4)7-3;1-2;;;2*1-2;/h13-16,21H,5-12,17-20H2,1-4H3;1-2H;2*1H4;;;1H/i;;;;;;1+1D. The van der Waals surface area contributed by atoms with Crippen LogP contribution < -0.4 is 4.90 Å². The van der Waals surface area contributed by atoms with E-state index in [9.17, 15) is 9.59 Å². The molecule has 1 aromatic rings. The summed E-state index contributed by atoms with van der Waals surface area (Å²) >= 11 is 14.7. The molecule has 5 nitrogen and oxygen atoms in total. The molecule has 0 spiro atoms. The van der Waals surface area contributed by atoms with Crippen LogP contribution >= 0.6 is 0 Å². The van der Waals surface area contributed by atoms with E-state index >= 15 is 0 Å². The molecule has 0 aromatic heterocycles. The van der Waals surface area contributed by atoms with E-state index in [1.54, 1.807) is 0 Å². The van der Waals surface area contributed by atoms with E-state index in [1.165, 1.54) is 38.5 Å². The molecule has 0 radical (unpaired) electrons. The fourth-order valence-electron chi connectivity index (χ4n) is 3.07. The number of benzene rings is 1. The van der Waals surface area contributed by atoms with Gasteiger partial charge in [0, 0.05) is 72.9 Å². The molecule has 0 aliphatic heterocycles. The molecule has 1 aromatic carbocycles. The molecule has 0 saturated heterocycles. The molecule has 0 saturated carbocycles. The molecular formula is C29H53NO4S4. The molecule has 0 aliphatic rings. The minimum absolute atomic E-state index is 0. The summed E-state index contributed by atoms with van der Waals surface area (Å²) in [5.74, 6) is -0.616. The molecule has 38 heavy (non-hydrogen) atoms. The summed E-state index contributed by atoms with van der Waals surface area (Å²) in [4.78, 5) is 26.3. The number of nitrogens with zero attached hydrogens (tertiary/aromatic N) is 1. The second kappa shape index (κ2) is 35.4. The van der Waals surface area contributed by atoms with Gasteiger partial charge < -0.3 is 14.4 Å². The third-order valence-electron chi connectivity index (χ3n) is 5.31. The van der Waals surface area contributed by atoms with E-state index in [4.69, 9.17) is 12.4 Å². The summed E-state index contributed by atoms with van der Waals surface area (Å²) < 4.78 is 20.5. The molecule has 222 valence electrons. The van der Waals surface area contributed by atoms with Gasteiger partial charge in [0.25, 0.3) is 0 Å². The zero-order valence-electron chi connectivity index (χ0n) is 24.2. The summed E-state index contributed by atoms with van der Waals surface area (Å²) in [7, 11) is 0. The predicted molar refractivity (Wildman–Crippen MR) is 178 cm³/mol. The Morgan fingerprint density at radius 1 is 0.842 bits per heavy atom. The van der Waals surface area contributed by atoms with Crippen LogP contribution in [0.3, 0.4) is 0 Å². The monoisotopic (exact) mass is 609 g/mol. The van der Waals surface area contributed by atoms with Crippen LogP contribution in [0.5, 0.6) is 0 Å². The average Bonchev–Trinajstić information content (AvgIpc) is 2.99. The zero-order valence-corrected chi connectivity index (χ0v) is 25.5. The van der Waals surface area contributed by atoms with Crippen molar-refractivity contribution >= 4 is 62.4 Å². The Morgan fingerprint density at radius 3 is 1.71 bits per heavy atom. The normalized spacial score (nSPS) is 9.74. The molecule has 1 rings (SSSR count). The highest BCUT2D eigenvalue weighted by molar-refractivity contribution is 8.07. The molecule has 0 heterocycles. The third kappa shape index (κ3) is 23.5. The van der Waals surface area contributed by atoms with Gasteiger partial charge in [0.05, 0.1) is 24.7 Å². The second-order valence-electron chi connectivity index (χ2n) is 7.91. The van der Waals surface area contributed by atoms with Crippen molar-refractivity contribution in [3.8, 4) is 12.8 Å². The van der Waals surface area contributed by atoms with Gasteiger partial charge in [0.15, 0.2) is 0 Å². The van der Waals surface area contributed by atoms with Crippen LogP contribution in [0.2, 0.25) is 0 Å². The lowest BCUT2D eigenvalue weighted by molar-refractivity contribution is -0.148. The SMILES string of the molecule is C.C.C#C.CCCCCN(CCCCC)c1ccc(C(=O)OCCCOC(=O)C(C)CC)cc1.S=S.S=S.[2H][2H]. The Kier molecular flexibility index (Phi) is 40.5. The van der Waals surface area contributed by atoms with Crippen LogP contribution in [-0.2, 0) is 59.0 Å². The summed E-state index contributed by atoms with van der Waals surface area (Å²) in [5.41, 5.74) is 1.72. The van der Waals surface area contributed by atoms with Crippen LogP contribution in [0.15, 0.2) is 24.3 Å². The lowest BCUT2D eigenvalue weighted by atomic mass is 10.1. The van der Waals surface area contributed by atoms with E-state index < -0.39 is 0 Å². The van der Waals surface area contributed by atoms with E-state index in [0.717, 1.165) is 25.2 Å². The number of esters is 2. The lowest BCUT2D eigenvalue weighted by Crippen LogP contribution is -2.25. The highest BCUT2D eigenvalue weighted by Crippen LogP contribution is 2.18. The van der Waals surface area contributed by atoms with Crippen LogP contribution in [0.4, 0.5) is 5.69 Å². The molecule has 1 atom stereocenters. The Hall–Kier alpha value is -1.60. The van der Waals surface area contributed by atoms with Crippen molar-refractivity contribution in [3.63, 3.8) is 0 Å². The molecule has 0 N–H and O–H groups in total. The first-order chi connectivity index (χ1) is 18.5. The van der Waals surface area contributed by atoms with Gasteiger partial charge in [-0.25, -0.2) is 4.79 Å². The van der Waals surface area contributed by atoms with Gasteiger partial charge in [0.1, 0.15) is 0 Å². The third-order valence-corrected chi connectivity index (χ3v) is 5.31. The topological polar surface area (TPSA) is 55.8 Å². The number of ether oxygens (including phenoxy) is 2.